The molecule has 0 aromatic carbocycles. The summed E-state index contributed by atoms with van der Waals surface area (Å²) in [6.07, 6.45) is 5.14. The molecule has 0 aromatic rings. The van der Waals surface area contributed by atoms with Crippen molar-refractivity contribution in [2.45, 2.75) is 25.8 Å². The fraction of sp³-hybridized carbons (Fsp3) is 0.600. The lowest BCUT2D eigenvalue weighted by atomic mass is 10.2. The van der Waals surface area contributed by atoms with Gasteiger partial charge in [0.1, 0.15) is 6.04 Å². The van der Waals surface area contributed by atoms with Crippen LogP contribution in [0.3, 0.4) is 0 Å². The number of amides is 2. The first-order valence-electron chi connectivity index (χ1n) is 5.08. The van der Waals surface area contributed by atoms with Crippen LogP contribution in [0.25, 0.3) is 0 Å². The average Bonchev–Trinajstić information content (AvgIpc) is 2.26. The Morgan fingerprint density at radius 3 is 2.73 bits per heavy atom. The zero-order valence-corrected chi connectivity index (χ0v) is 8.77. The first-order valence-corrected chi connectivity index (χ1v) is 5.08. The lowest BCUT2D eigenvalue weighted by Gasteiger charge is -2.25. The minimum Gasteiger partial charge on any atom is -0.480 e. The Bertz CT molecular complexity index is 276. The third-order valence-electron chi connectivity index (χ3n) is 2.35. The van der Waals surface area contributed by atoms with Crippen LogP contribution in [0, 0.1) is 0 Å². The number of hydrogen-bond acceptors (Lipinski definition) is 2. The van der Waals surface area contributed by atoms with Crippen LogP contribution < -0.4 is 5.32 Å². The number of nitrogens with one attached hydrogen (secondary N) is 1. The Morgan fingerprint density at radius 1 is 1.53 bits per heavy atom. The molecular weight excluding hydrogens is 196 g/mol. The fourth-order valence-corrected chi connectivity index (χ4v) is 1.40. The monoisotopic (exact) mass is 212 g/mol. The topological polar surface area (TPSA) is 69.6 Å². The summed E-state index contributed by atoms with van der Waals surface area (Å²) in [6, 6.07) is -1.09. The number of aliphatic carboxylic acids is 1. The highest BCUT2D eigenvalue weighted by Crippen LogP contribution is 2.02. The highest BCUT2D eigenvalue weighted by atomic mass is 16.4. The molecule has 5 heteroatoms. The van der Waals surface area contributed by atoms with Crippen molar-refractivity contribution in [1.29, 1.82) is 0 Å². The van der Waals surface area contributed by atoms with Crippen molar-refractivity contribution in [3.8, 4) is 0 Å². The van der Waals surface area contributed by atoms with Crippen molar-refractivity contribution in [3.63, 3.8) is 0 Å². The van der Waals surface area contributed by atoms with E-state index in [2.05, 4.69) is 5.32 Å². The Morgan fingerprint density at radius 2 is 2.27 bits per heavy atom. The van der Waals surface area contributed by atoms with Crippen LogP contribution in [-0.4, -0.2) is 41.1 Å². The van der Waals surface area contributed by atoms with Crippen molar-refractivity contribution in [3.05, 3.63) is 12.2 Å². The molecule has 2 amide bonds. The van der Waals surface area contributed by atoms with Crippen molar-refractivity contribution in [2.75, 3.05) is 13.1 Å². The number of carboxylic acid groups (broad SMARTS) is 1. The number of hydrogen-bond donors (Lipinski definition) is 2. The molecule has 1 rings (SSSR count). The summed E-state index contributed by atoms with van der Waals surface area (Å²) in [5.74, 6) is -0.988. The number of carboxylic acids is 1. The third kappa shape index (κ3) is 3.27. The molecular formula is C10H16N2O3. The smallest absolute Gasteiger partial charge is 0.326 e. The Kier molecular flexibility index (Phi) is 4.15. The molecule has 2 N–H and O–H groups in total. The van der Waals surface area contributed by atoms with E-state index in [1.165, 1.54) is 0 Å². The van der Waals surface area contributed by atoms with Gasteiger partial charge in [-0.1, -0.05) is 19.1 Å². The molecule has 1 heterocycles. The maximum atomic E-state index is 11.6. The average molecular weight is 212 g/mol. The molecule has 0 saturated carbocycles. The lowest BCUT2D eigenvalue weighted by Crippen LogP contribution is -2.48. The number of rotatable bonds is 3. The second-order valence-electron chi connectivity index (χ2n) is 3.45. The summed E-state index contributed by atoms with van der Waals surface area (Å²) in [7, 11) is 0. The minimum absolute atomic E-state index is 0.298. The van der Waals surface area contributed by atoms with Gasteiger partial charge in [0.15, 0.2) is 0 Å². The largest absolute Gasteiger partial charge is 0.480 e. The molecule has 0 saturated heterocycles. The van der Waals surface area contributed by atoms with E-state index in [1.807, 2.05) is 12.2 Å². The number of carbonyl (C=O) groups excluding carboxylic acids is 1. The maximum absolute atomic E-state index is 11.6. The van der Waals surface area contributed by atoms with Crippen LogP contribution in [-0.2, 0) is 4.79 Å². The summed E-state index contributed by atoms with van der Waals surface area (Å²) in [5, 5.41) is 11.3. The summed E-state index contributed by atoms with van der Waals surface area (Å²) in [6.45, 7) is 2.94. The lowest BCUT2D eigenvalue weighted by molar-refractivity contribution is -0.139. The van der Waals surface area contributed by atoms with E-state index in [1.54, 1.807) is 11.8 Å². The first-order chi connectivity index (χ1) is 7.15. The molecule has 5 nitrogen and oxygen atoms in total. The first kappa shape index (κ1) is 11.6. The standard InChI is InChI=1S/C10H16N2O3/c1-2-8(9(13)14)11-10(15)12-6-4-3-5-7-12/h3-4,8H,2,5-7H2,1H3,(H,11,15)(H,13,14). The van der Waals surface area contributed by atoms with E-state index in [0.717, 1.165) is 6.42 Å². The number of urea groups is 1. The molecule has 0 fully saturated rings. The maximum Gasteiger partial charge on any atom is 0.326 e. The zero-order chi connectivity index (χ0) is 11.3. The normalized spacial score (nSPS) is 17.3. The van der Waals surface area contributed by atoms with Gasteiger partial charge < -0.3 is 15.3 Å². The number of carbonyl (C=O) groups is 2. The molecule has 1 atom stereocenters. The molecule has 1 aliphatic rings. The Labute approximate surface area is 88.8 Å². The SMILES string of the molecule is CCC(NC(=O)N1CC=CCC1)C(=O)O. The van der Waals surface area contributed by atoms with E-state index in [0.29, 0.717) is 19.5 Å². The van der Waals surface area contributed by atoms with Gasteiger partial charge in [0.05, 0.1) is 0 Å². The van der Waals surface area contributed by atoms with Crippen LogP contribution >= 0.6 is 0 Å². The van der Waals surface area contributed by atoms with Crippen LogP contribution in [0.4, 0.5) is 4.79 Å². The fourth-order valence-electron chi connectivity index (χ4n) is 1.40. The van der Waals surface area contributed by atoms with Crippen LogP contribution in [0.5, 0.6) is 0 Å². The predicted octanol–water partition coefficient (Wildman–Crippen LogP) is 0.821. The van der Waals surface area contributed by atoms with Crippen LogP contribution in [0.15, 0.2) is 12.2 Å². The van der Waals surface area contributed by atoms with E-state index in [-0.39, 0.29) is 6.03 Å². The molecule has 1 aliphatic heterocycles. The van der Waals surface area contributed by atoms with Gasteiger partial charge in [0, 0.05) is 13.1 Å². The van der Waals surface area contributed by atoms with Gasteiger partial charge in [-0.3, -0.25) is 0 Å². The zero-order valence-electron chi connectivity index (χ0n) is 8.77. The van der Waals surface area contributed by atoms with Gasteiger partial charge >= 0.3 is 12.0 Å². The molecule has 1 unspecified atom stereocenters. The highest BCUT2D eigenvalue weighted by Gasteiger charge is 2.21. The van der Waals surface area contributed by atoms with Crippen molar-refractivity contribution < 1.29 is 14.7 Å². The molecule has 0 bridgehead atoms. The Hall–Kier alpha value is -1.52. The van der Waals surface area contributed by atoms with Gasteiger partial charge in [-0.05, 0) is 12.8 Å². The van der Waals surface area contributed by atoms with Gasteiger partial charge in [-0.25, -0.2) is 9.59 Å². The molecule has 15 heavy (non-hydrogen) atoms. The molecule has 0 aliphatic carbocycles. The second kappa shape index (κ2) is 5.38. The van der Waals surface area contributed by atoms with Crippen LogP contribution in [0.2, 0.25) is 0 Å². The summed E-state index contributed by atoms with van der Waals surface area (Å²) >= 11 is 0. The van der Waals surface area contributed by atoms with Crippen molar-refractivity contribution in [1.82, 2.24) is 10.2 Å². The van der Waals surface area contributed by atoms with Crippen LogP contribution in [0.1, 0.15) is 19.8 Å². The van der Waals surface area contributed by atoms with E-state index >= 15 is 0 Å². The van der Waals surface area contributed by atoms with Gasteiger partial charge in [-0.15, -0.1) is 0 Å². The molecule has 84 valence electrons. The van der Waals surface area contributed by atoms with Gasteiger partial charge in [0.2, 0.25) is 0 Å². The minimum atomic E-state index is -0.988. The second-order valence-corrected chi connectivity index (χ2v) is 3.45. The molecule has 0 radical (unpaired) electrons. The van der Waals surface area contributed by atoms with Gasteiger partial charge in [0.25, 0.3) is 0 Å². The highest BCUT2D eigenvalue weighted by molar-refractivity contribution is 5.82. The summed E-state index contributed by atoms with van der Waals surface area (Å²) < 4.78 is 0. The summed E-state index contributed by atoms with van der Waals surface area (Å²) in [4.78, 5) is 23.9. The third-order valence-corrected chi connectivity index (χ3v) is 2.35. The summed E-state index contributed by atoms with van der Waals surface area (Å²) in [5.41, 5.74) is 0. The Balaban J connectivity index is 2.46. The van der Waals surface area contributed by atoms with Gasteiger partial charge in [-0.2, -0.15) is 0 Å². The molecule has 0 aromatic heterocycles. The van der Waals surface area contributed by atoms with E-state index in [4.69, 9.17) is 5.11 Å². The molecule has 0 spiro atoms. The van der Waals surface area contributed by atoms with E-state index < -0.39 is 12.0 Å². The number of nitrogens with zero attached hydrogens (tertiary/aromatic N) is 1. The van der Waals surface area contributed by atoms with Crippen molar-refractivity contribution in [2.24, 2.45) is 0 Å². The quantitative estimate of drug-likeness (QED) is 0.680. The van der Waals surface area contributed by atoms with E-state index in [9.17, 15) is 9.59 Å². The predicted molar refractivity (Wildman–Crippen MR) is 55.6 cm³/mol. The van der Waals surface area contributed by atoms with Crippen molar-refractivity contribution >= 4 is 12.0 Å².